The summed E-state index contributed by atoms with van der Waals surface area (Å²) in [5.41, 5.74) is 0.379. The summed E-state index contributed by atoms with van der Waals surface area (Å²) in [4.78, 5) is 5.36. The molecule has 0 spiro atoms. The van der Waals surface area contributed by atoms with Crippen LogP contribution < -0.4 is 5.32 Å². The summed E-state index contributed by atoms with van der Waals surface area (Å²) in [5.74, 6) is 0. The van der Waals surface area contributed by atoms with Crippen LogP contribution in [0.2, 0.25) is 0 Å². The molecule has 0 aromatic carbocycles. The second kappa shape index (κ2) is 5.89. The highest BCUT2D eigenvalue weighted by Gasteiger charge is 2.34. The Labute approximate surface area is 113 Å². The number of nitrogens with one attached hydrogen (secondary N) is 1. The van der Waals surface area contributed by atoms with Gasteiger partial charge in [0.05, 0.1) is 0 Å². The van der Waals surface area contributed by atoms with Gasteiger partial charge in [-0.15, -0.1) is 0 Å². The number of piperidine rings is 1. The summed E-state index contributed by atoms with van der Waals surface area (Å²) in [7, 11) is 2.31. The van der Waals surface area contributed by atoms with Crippen LogP contribution in [-0.2, 0) is 0 Å². The van der Waals surface area contributed by atoms with Gasteiger partial charge in [0.1, 0.15) is 0 Å². The highest BCUT2D eigenvalue weighted by atomic mass is 15.3. The summed E-state index contributed by atoms with van der Waals surface area (Å²) in [6.07, 6.45) is 3.99. The van der Waals surface area contributed by atoms with Gasteiger partial charge < -0.3 is 10.2 Å². The van der Waals surface area contributed by atoms with Crippen molar-refractivity contribution >= 4 is 0 Å². The van der Waals surface area contributed by atoms with Gasteiger partial charge in [-0.2, -0.15) is 0 Å². The maximum atomic E-state index is 3.48. The summed E-state index contributed by atoms with van der Waals surface area (Å²) < 4.78 is 0. The van der Waals surface area contributed by atoms with E-state index in [4.69, 9.17) is 0 Å². The van der Waals surface area contributed by atoms with Gasteiger partial charge in [-0.1, -0.05) is 20.8 Å². The fraction of sp³-hybridized carbons (Fsp3) is 1.00. The molecular formula is C15H31N3. The van der Waals surface area contributed by atoms with Gasteiger partial charge in [0, 0.05) is 18.6 Å². The van der Waals surface area contributed by atoms with Crippen molar-refractivity contribution in [1.82, 2.24) is 15.1 Å². The maximum absolute atomic E-state index is 3.48. The van der Waals surface area contributed by atoms with Crippen LogP contribution in [0, 0.1) is 5.41 Å². The van der Waals surface area contributed by atoms with E-state index in [1.165, 1.54) is 52.0 Å². The Balaban J connectivity index is 2.03. The molecule has 18 heavy (non-hydrogen) atoms. The fourth-order valence-corrected chi connectivity index (χ4v) is 3.57. The molecule has 2 aliphatic heterocycles. The lowest BCUT2D eigenvalue weighted by molar-refractivity contribution is 0.0837. The Morgan fingerprint density at radius 3 is 2.33 bits per heavy atom. The highest BCUT2D eigenvalue weighted by molar-refractivity contribution is 4.90. The second-order valence-electron chi connectivity index (χ2n) is 7.19. The smallest absolute Gasteiger partial charge is 0.0268 e. The van der Waals surface area contributed by atoms with Crippen molar-refractivity contribution in [2.24, 2.45) is 5.41 Å². The third-order valence-corrected chi connectivity index (χ3v) is 4.72. The van der Waals surface area contributed by atoms with Crippen molar-refractivity contribution in [3.05, 3.63) is 0 Å². The quantitative estimate of drug-likeness (QED) is 0.769. The van der Waals surface area contributed by atoms with Crippen molar-refractivity contribution in [2.45, 2.75) is 52.1 Å². The molecule has 1 unspecified atom stereocenters. The zero-order chi connectivity index (χ0) is 13.2. The molecule has 3 nitrogen and oxygen atoms in total. The lowest BCUT2D eigenvalue weighted by Gasteiger charge is -2.41. The first-order valence-electron chi connectivity index (χ1n) is 7.63. The van der Waals surface area contributed by atoms with E-state index in [2.05, 4.69) is 42.9 Å². The number of nitrogens with zero attached hydrogens (tertiary/aromatic N) is 2. The topological polar surface area (TPSA) is 18.5 Å². The van der Waals surface area contributed by atoms with E-state index < -0.39 is 0 Å². The van der Waals surface area contributed by atoms with Gasteiger partial charge >= 0.3 is 0 Å². The van der Waals surface area contributed by atoms with Crippen LogP contribution in [0.25, 0.3) is 0 Å². The Morgan fingerprint density at radius 1 is 1.06 bits per heavy atom. The molecule has 2 aliphatic rings. The predicted molar refractivity (Wildman–Crippen MR) is 78.0 cm³/mol. The molecular weight excluding hydrogens is 222 g/mol. The number of hydrogen-bond acceptors (Lipinski definition) is 3. The van der Waals surface area contributed by atoms with Crippen molar-refractivity contribution in [3.63, 3.8) is 0 Å². The predicted octanol–water partition coefficient (Wildman–Crippen LogP) is 1.79. The summed E-state index contributed by atoms with van der Waals surface area (Å²) >= 11 is 0. The molecule has 0 aromatic heterocycles. The Kier molecular flexibility index (Phi) is 4.68. The van der Waals surface area contributed by atoms with Crippen LogP contribution in [0.5, 0.6) is 0 Å². The third-order valence-electron chi connectivity index (χ3n) is 4.72. The van der Waals surface area contributed by atoms with E-state index in [1.54, 1.807) is 0 Å². The second-order valence-corrected chi connectivity index (χ2v) is 7.19. The molecule has 0 aromatic rings. The average Bonchev–Trinajstić information content (AvgIpc) is 2.52. The summed E-state index contributed by atoms with van der Waals surface area (Å²) in [6, 6.07) is 1.51. The van der Waals surface area contributed by atoms with Gasteiger partial charge in [-0.3, -0.25) is 4.90 Å². The van der Waals surface area contributed by atoms with E-state index in [9.17, 15) is 0 Å². The molecule has 0 radical (unpaired) electrons. The van der Waals surface area contributed by atoms with E-state index in [0.29, 0.717) is 11.5 Å². The van der Waals surface area contributed by atoms with Crippen LogP contribution in [0.15, 0.2) is 0 Å². The van der Waals surface area contributed by atoms with Crippen molar-refractivity contribution in [3.8, 4) is 0 Å². The number of likely N-dealkylation sites (N-methyl/N-ethyl adjacent to an activating group) is 1. The Morgan fingerprint density at radius 2 is 1.72 bits per heavy atom. The normalized spacial score (nSPS) is 30.3. The van der Waals surface area contributed by atoms with Gasteiger partial charge in [0.2, 0.25) is 0 Å². The number of hydrogen-bond donors (Lipinski definition) is 1. The average molecular weight is 253 g/mol. The molecule has 2 fully saturated rings. The van der Waals surface area contributed by atoms with Gasteiger partial charge in [0.25, 0.3) is 0 Å². The zero-order valence-corrected chi connectivity index (χ0v) is 12.7. The largest absolute Gasteiger partial charge is 0.317 e. The standard InChI is InChI=1S/C15H31N3/c1-15(2,3)14-12-18(11-5-10-17(14)4)13-6-8-16-9-7-13/h13-14,16H,5-12H2,1-4H3. The molecule has 2 rings (SSSR count). The summed E-state index contributed by atoms with van der Waals surface area (Å²) in [6.45, 7) is 13.4. The molecule has 1 atom stereocenters. The summed E-state index contributed by atoms with van der Waals surface area (Å²) in [5, 5.41) is 3.48. The Hall–Kier alpha value is -0.120. The molecule has 2 heterocycles. The zero-order valence-electron chi connectivity index (χ0n) is 12.7. The fourth-order valence-electron chi connectivity index (χ4n) is 3.57. The van der Waals surface area contributed by atoms with Crippen LogP contribution in [0.3, 0.4) is 0 Å². The minimum absolute atomic E-state index is 0.379. The Bertz CT molecular complexity index is 253. The molecule has 0 amide bonds. The van der Waals surface area contributed by atoms with E-state index in [0.717, 1.165) is 6.04 Å². The first kappa shape index (κ1) is 14.3. The molecule has 0 aliphatic carbocycles. The minimum atomic E-state index is 0.379. The van der Waals surface area contributed by atoms with Gasteiger partial charge in [-0.05, 0) is 57.9 Å². The van der Waals surface area contributed by atoms with Gasteiger partial charge in [0.15, 0.2) is 0 Å². The monoisotopic (exact) mass is 253 g/mol. The molecule has 1 N–H and O–H groups in total. The SMILES string of the molecule is CN1CCCN(C2CCNCC2)CC1C(C)(C)C. The van der Waals surface area contributed by atoms with Crippen molar-refractivity contribution in [2.75, 3.05) is 39.8 Å². The van der Waals surface area contributed by atoms with Crippen LogP contribution in [0.1, 0.15) is 40.0 Å². The first-order valence-corrected chi connectivity index (χ1v) is 7.63. The third kappa shape index (κ3) is 3.46. The molecule has 0 bridgehead atoms. The van der Waals surface area contributed by atoms with Crippen molar-refractivity contribution in [1.29, 1.82) is 0 Å². The van der Waals surface area contributed by atoms with Crippen molar-refractivity contribution < 1.29 is 0 Å². The molecule has 2 saturated heterocycles. The van der Waals surface area contributed by atoms with E-state index in [1.807, 2.05) is 0 Å². The van der Waals surface area contributed by atoms with Crippen LogP contribution >= 0.6 is 0 Å². The van der Waals surface area contributed by atoms with Crippen LogP contribution in [-0.4, -0.2) is 61.7 Å². The maximum Gasteiger partial charge on any atom is 0.0268 e. The molecule has 3 heteroatoms. The molecule has 106 valence electrons. The van der Waals surface area contributed by atoms with Gasteiger partial charge in [-0.25, -0.2) is 0 Å². The lowest BCUT2D eigenvalue weighted by atomic mass is 9.85. The lowest BCUT2D eigenvalue weighted by Crippen LogP contribution is -2.51. The minimum Gasteiger partial charge on any atom is -0.317 e. The highest BCUT2D eigenvalue weighted by Crippen LogP contribution is 2.28. The van der Waals surface area contributed by atoms with Crippen LogP contribution in [0.4, 0.5) is 0 Å². The van der Waals surface area contributed by atoms with E-state index >= 15 is 0 Å². The molecule has 0 saturated carbocycles. The number of rotatable bonds is 1. The first-order chi connectivity index (χ1) is 8.48. The van der Waals surface area contributed by atoms with E-state index in [-0.39, 0.29) is 0 Å².